The molecule has 0 radical (unpaired) electrons. The van der Waals surface area contributed by atoms with Crippen LogP contribution in [-0.4, -0.2) is 5.78 Å². The fourth-order valence-corrected chi connectivity index (χ4v) is 2.09. The number of hydrogen-bond acceptors (Lipinski definition) is 1. The summed E-state index contributed by atoms with van der Waals surface area (Å²) in [7, 11) is 0. The van der Waals surface area contributed by atoms with Crippen LogP contribution >= 0.6 is 0 Å². The summed E-state index contributed by atoms with van der Waals surface area (Å²) < 4.78 is 0. The molecule has 0 N–H and O–H groups in total. The summed E-state index contributed by atoms with van der Waals surface area (Å²) in [6.45, 7) is 0. The molecule has 2 rings (SSSR count). The monoisotopic (exact) mass is 136 g/mol. The maximum absolute atomic E-state index is 11.1. The zero-order chi connectivity index (χ0) is 6.97. The van der Waals surface area contributed by atoms with Gasteiger partial charge in [-0.2, -0.15) is 0 Å². The van der Waals surface area contributed by atoms with E-state index >= 15 is 0 Å². The summed E-state index contributed by atoms with van der Waals surface area (Å²) in [6, 6.07) is 0. The standard InChI is InChI=1S/C9H12O/c10-9-6-5-7-3-1-2-4-8(7)9/h5-8H,1-4H2. The second-order valence-corrected chi connectivity index (χ2v) is 3.32. The Labute approximate surface area is 61.1 Å². The highest BCUT2D eigenvalue weighted by atomic mass is 16.1. The molecule has 1 heteroatoms. The summed E-state index contributed by atoms with van der Waals surface area (Å²) in [5.41, 5.74) is 0. The molecule has 0 aromatic heterocycles. The summed E-state index contributed by atoms with van der Waals surface area (Å²) in [6.07, 6.45) is 8.84. The van der Waals surface area contributed by atoms with Crippen LogP contribution in [0.4, 0.5) is 0 Å². The first-order valence-electron chi connectivity index (χ1n) is 4.10. The van der Waals surface area contributed by atoms with E-state index < -0.39 is 0 Å². The summed E-state index contributed by atoms with van der Waals surface area (Å²) in [4.78, 5) is 11.1. The Morgan fingerprint density at radius 3 is 2.90 bits per heavy atom. The van der Waals surface area contributed by atoms with E-state index in [1.807, 2.05) is 0 Å². The molecule has 0 aromatic carbocycles. The van der Waals surface area contributed by atoms with Gasteiger partial charge >= 0.3 is 0 Å². The Hall–Kier alpha value is -0.590. The van der Waals surface area contributed by atoms with Crippen molar-refractivity contribution >= 4 is 5.78 Å². The van der Waals surface area contributed by atoms with Gasteiger partial charge in [-0.15, -0.1) is 0 Å². The second kappa shape index (κ2) is 2.22. The van der Waals surface area contributed by atoms with E-state index in [9.17, 15) is 4.79 Å². The molecule has 1 nitrogen and oxygen atoms in total. The third kappa shape index (κ3) is 0.808. The fraction of sp³-hybridized carbons (Fsp3) is 0.667. The zero-order valence-electron chi connectivity index (χ0n) is 6.05. The van der Waals surface area contributed by atoms with Crippen molar-refractivity contribution in [3.05, 3.63) is 12.2 Å². The third-order valence-electron chi connectivity index (χ3n) is 2.69. The minimum absolute atomic E-state index is 0.379. The predicted molar refractivity (Wildman–Crippen MR) is 39.6 cm³/mol. The highest BCUT2D eigenvalue weighted by molar-refractivity contribution is 5.94. The number of allylic oxidation sites excluding steroid dienone is 2. The molecule has 0 heterocycles. The van der Waals surface area contributed by atoms with E-state index in [0.717, 1.165) is 6.42 Å². The summed E-state index contributed by atoms with van der Waals surface area (Å²) in [5.74, 6) is 1.37. The van der Waals surface area contributed by atoms with Crippen molar-refractivity contribution in [2.24, 2.45) is 11.8 Å². The molecule has 2 aliphatic carbocycles. The average Bonchev–Trinajstić information content (AvgIpc) is 2.34. The van der Waals surface area contributed by atoms with Crippen LogP contribution in [0.2, 0.25) is 0 Å². The van der Waals surface area contributed by atoms with E-state index in [-0.39, 0.29) is 0 Å². The van der Waals surface area contributed by atoms with Crippen molar-refractivity contribution in [1.82, 2.24) is 0 Å². The normalized spacial score (nSPS) is 38.2. The smallest absolute Gasteiger partial charge is 0.159 e. The molecule has 0 amide bonds. The van der Waals surface area contributed by atoms with Crippen molar-refractivity contribution in [1.29, 1.82) is 0 Å². The Morgan fingerprint density at radius 2 is 2.10 bits per heavy atom. The molecule has 0 spiro atoms. The minimum atomic E-state index is 0.379. The van der Waals surface area contributed by atoms with Gasteiger partial charge < -0.3 is 0 Å². The van der Waals surface area contributed by atoms with Gasteiger partial charge in [0.25, 0.3) is 0 Å². The lowest BCUT2D eigenvalue weighted by atomic mass is 9.81. The molecule has 0 bridgehead atoms. The van der Waals surface area contributed by atoms with Gasteiger partial charge in [-0.05, 0) is 24.8 Å². The van der Waals surface area contributed by atoms with Crippen LogP contribution in [0, 0.1) is 11.8 Å². The fourth-order valence-electron chi connectivity index (χ4n) is 2.09. The molecule has 10 heavy (non-hydrogen) atoms. The average molecular weight is 136 g/mol. The van der Waals surface area contributed by atoms with Gasteiger partial charge in [0.15, 0.2) is 5.78 Å². The van der Waals surface area contributed by atoms with E-state index in [4.69, 9.17) is 0 Å². The topological polar surface area (TPSA) is 17.1 Å². The lowest BCUT2D eigenvalue weighted by Crippen LogP contribution is -2.19. The molecule has 0 saturated heterocycles. The molecular weight excluding hydrogens is 124 g/mol. The highest BCUT2D eigenvalue weighted by Crippen LogP contribution is 2.35. The van der Waals surface area contributed by atoms with E-state index in [1.165, 1.54) is 19.3 Å². The molecule has 0 aromatic rings. The van der Waals surface area contributed by atoms with Gasteiger partial charge in [0, 0.05) is 5.92 Å². The van der Waals surface area contributed by atoms with Gasteiger partial charge in [0.1, 0.15) is 0 Å². The molecule has 2 atom stereocenters. The predicted octanol–water partition coefficient (Wildman–Crippen LogP) is 1.93. The Balaban J connectivity index is 2.14. The number of hydrogen-bond donors (Lipinski definition) is 0. The maximum Gasteiger partial charge on any atom is 0.159 e. The van der Waals surface area contributed by atoms with Crippen molar-refractivity contribution in [3.8, 4) is 0 Å². The van der Waals surface area contributed by atoms with Crippen molar-refractivity contribution in [2.75, 3.05) is 0 Å². The summed E-state index contributed by atoms with van der Waals surface area (Å²) >= 11 is 0. The zero-order valence-corrected chi connectivity index (χ0v) is 6.05. The first-order valence-corrected chi connectivity index (χ1v) is 4.10. The number of ketones is 1. The van der Waals surface area contributed by atoms with Crippen LogP contribution in [0.15, 0.2) is 12.2 Å². The number of carbonyl (C=O) groups excluding carboxylic acids is 1. The molecule has 1 fully saturated rings. The molecule has 54 valence electrons. The summed E-state index contributed by atoms with van der Waals surface area (Å²) in [5, 5.41) is 0. The van der Waals surface area contributed by atoms with Crippen molar-refractivity contribution in [2.45, 2.75) is 25.7 Å². The lowest BCUT2D eigenvalue weighted by Gasteiger charge is -2.22. The lowest BCUT2D eigenvalue weighted by molar-refractivity contribution is -0.119. The van der Waals surface area contributed by atoms with E-state index in [1.54, 1.807) is 6.08 Å². The van der Waals surface area contributed by atoms with Crippen LogP contribution in [-0.2, 0) is 4.79 Å². The van der Waals surface area contributed by atoms with Gasteiger partial charge in [0.2, 0.25) is 0 Å². The molecule has 0 aliphatic heterocycles. The van der Waals surface area contributed by atoms with E-state index in [2.05, 4.69) is 6.08 Å². The molecule has 2 aliphatic rings. The highest BCUT2D eigenvalue weighted by Gasteiger charge is 2.31. The van der Waals surface area contributed by atoms with Gasteiger partial charge in [0.05, 0.1) is 0 Å². The van der Waals surface area contributed by atoms with Crippen LogP contribution in [0.5, 0.6) is 0 Å². The Morgan fingerprint density at radius 1 is 1.30 bits per heavy atom. The second-order valence-electron chi connectivity index (χ2n) is 3.32. The van der Waals surface area contributed by atoms with Crippen molar-refractivity contribution in [3.63, 3.8) is 0 Å². The van der Waals surface area contributed by atoms with Crippen LogP contribution in [0.3, 0.4) is 0 Å². The minimum Gasteiger partial charge on any atom is -0.295 e. The van der Waals surface area contributed by atoms with Gasteiger partial charge in [-0.25, -0.2) is 0 Å². The maximum atomic E-state index is 11.1. The number of fused-ring (bicyclic) bond motifs is 1. The van der Waals surface area contributed by atoms with Crippen molar-refractivity contribution < 1.29 is 4.79 Å². The Bertz CT molecular complexity index is 181. The molecule has 1 saturated carbocycles. The number of rotatable bonds is 0. The molecule has 2 unspecified atom stereocenters. The first-order chi connectivity index (χ1) is 4.88. The third-order valence-corrected chi connectivity index (χ3v) is 2.69. The number of carbonyl (C=O) groups is 1. The quantitative estimate of drug-likeness (QED) is 0.497. The van der Waals surface area contributed by atoms with Crippen LogP contribution in [0.1, 0.15) is 25.7 Å². The SMILES string of the molecule is O=C1C=CC2CCCCC12. The first kappa shape index (κ1) is 6.14. The Kier molecular flexibility index (Phi) is 1.37. The largest absolute Gasteiger partial charge is 0.295 e. The van der Waals surface area contributed by atoms with Crippen LogP contribution < -0.4 is 0 Å². The van der Waals surface area contributed by atoms with Gasteiger partial charge in [-0.3, -0.25) is 4.79 Å². The van der Waals surface area contributed by atoms with Crippen LogP contribution in [0.25, 0.3) is 0 Å². The van der Waals surface area contributed by atoms with Gasteiger partial charge in [-0.1, -0.05) is 18.9 Å². The van der Waals surface area contributed by atoms with E-state index in [0.29, 0.717) is 17.6 Å². The molecular formula is C9H12O.